The van der Waals surface area contributed by atoms with Crippen LogP contribution in [0.3, 0.4) is 0 Å². The summed E-state index contributed by atoms with van der Waals surface area (Å²) in [4.78, 5) is 16.9. The van der Waals surface area contributed by atoms with Crippen molar-refractivity contribution >= 4 is 17.3 Å². The van der Waals surface area contributed by atoms with E-state index in [1.165, 1.54) is 0 Å². The number of pyridine rings is 1. The zero-order valence-corrected chi connectivity index (χ0v) is 16.4. The van der Waals surface area contributed by atoms with E-state index < -0.39 is 0 Å². The first-order valence-electron chi connectivity index (χ1n) is 9.59. The number of rotatable bonds is 6. The van der Waals surface area contributed by atoms with Gasteiger partial charge in [-0.1, -0.05) is 38.1 Å². The summed E-state index contributed by atoms with van der Waals surface area (Å²) in [5.41, 5.74) is 4.15. The first-order chi connectivity index (χ1) is 14.1. The zero-order chi connectivity index (χ0) is 20.2. The molecule has 1 aliphatic heterocycles. The lowest BCUT2D eigenvalue weighted by molar-refractivity contribution is 0.102. The van der Waals surface area contributed by atoms with Gasteiger partial charge in [-0.3, -0.25) is 9.78 Å². The van der Waals surface area contributed by atoms with Crippen LogP contribution in [-0.2, 0) is 6.54 Å². The van der Waals surface area contributed by atoms with E-state index in [9.17, 15) is 4.79 Å². The number of carbonyl (C=O) groups is 1. The molecule has 4 rings (SSSR count). The highest BCUT2D eigenvalue weighted by Gasteiger charge is 2.14. The first kappa shape index (κ1) is 18.8. The van der Waals surface area contributed by atoms with Crippen LogP contribution in [0.2, 0.25) is 0 Å². The average molecular weight is 389 g/mol. The van der Waals surface area contributed by atoms with Crippen molar-refractivity contribution in [2.24, 2.45) is 0 Å². The molecule has 0 spiro atoms. The van der Waals surface area contributed by atoms with E-state index in [4.69, 9.17) is 9.47 Å². The second-order valence-electron chi connectivity index (χ2n) is 7.17. The third kappa shape index (κ3) is 4.32. The summed E-state index contributed by atoms with van der Waals surface area (Å²) in [7, 11) is 0. The highest BCUT2D eigenvalue weighted by atomic mass is 16.7. The Balaban J connectivity index is 1.44. The number of anilines is 2. The number of aromatic nitrogens is 1. The van der Waals surface area contributed by atoms with Gasteiger partial charge in [0.2, 0.25) is 6.79 Å². The molecule has 0 saturated carbocycles. The Morgan fingerprint density at radius 1 is 1.07 bits per heavy atom. The Morgan fingerprint density at radius 2 is 1.90 bits per heavy atom. The number of para-hydroxylation sites is 1. The highest BCUT2D eigenvalue weighted by molar-refractivity contribution is 6.03. The predicted octanol–water partition coefficient (Wildman–Crippen LogP) is 4.80. The second-order valence-corrected chi connectivity index (χ2v) is 7.17. The number of fused-ring (bicyclic) bond motifs is 1. The SMILES string of the molecule is CC(C)c1ccccc1NC(=O)c1cc(NCc2ccc3c(c2)OCO3)ccn1. The van der Waals surface area contributed by atoms with Crippen molar-refractivity contribution in [2.45, 2.75) is 26.3 Å². The Labute approximate surface area is 169 Å². The standard InChI is InChI=1S/C23H23N3O3/c1-15(2)18-5-3-4-6-19(18)26-23(27)20-12-17(9-10-24-20)25-13-16-7-8-21-22(11-16)29-14-28-21/h3-12,15H,13-14H2,1-2H3,(H,24,25)(H,26,27). The second kappa shape index (κ2) is 8.22. The minimum absolute atomic E-state index is 0.232. The number of carbonyl (C=O) groups excluding carboxylic acids is 1. The van der Waals surface area contributed by atoms with E-state index in [1.54, 1.807) is 12.3 Å². The Hall–Kier alpha value is -3.54. The molecule has 1 aliphatic rings. The number of hydrogen-bond donors (Lipinski definition) is 2. The van der Waals surface area contributed by atoms with Crippen molar-refractivity contribution in [3.05, 3.63) is 77.6 Å². The van der Waals surface area contributed by atoms with E-state index in [2.05, 4.69) is 29.5 Å². The summed E-state index contributed by atoms with van der Waals surface area (Å²) in [6.45, 7) is 5.06. The molecule has 0 fully saturated rings. The summed E-state index contributed by atoms with van der Waals surface area (Å²) < 4.78 is 10.7. The van der Waals surface area contributed by atoms with E-state index in [0.29, 0.717) is 18.2 Å². The normalized spacial score (nSPS) is 12.1. The third-order valence-electron chi connectivity index (χ3n) is 4.76. The van der Waals surface area contributed by atoms with E-state index >= 15 is 0 Å². The minimum atomic E-state index is -0.232. The molecule has 2 aromatic carbocycles. The van der Waals surface area contributed by atoms with Crippen molar-refractivity contribution in [3.8, 4) is 11.5 Å². The lowest BCUT2D eigenvalue weighted by atomic mass is 10.0. The molecule has 0 unspecified atom stereocenters. The quantitative estimate of drug-likeness (QED) is 0.634. The molecule has 0 bridgehead atoms. The fourth-order valence-corrected chi connectivity index (χ4v) is 3.22. The molecule has 6 nitrogen and oxygen atoms in total. The van der Waals surface area contributed by atoms with Crippen LogP contribution in [0.15, 0.2) is 60.8 Å². The van der Waals surface area contributed by atoms with Crippen LogP contribution < -0.4 is 20.1 Å². The van der Waals surface area contributed by atoms with Crippen LogP contribution in [0.1, 0.15) is 41.4 Å². The topological polar surface area (TPSA) is 72.5 Å². The third-order valence-corrected chi connectivity index (χ3v) is 4.76. The molecule has 29 heavy (non-hydrogen) atoms. The number of nitrogens with zero attached hydrogens (tertiary/aromatic N) is 1. The molecular weight excluding hydrogens is 366 g/mol. The van der Waals surface area contributed by atoms with Crippen LogP contribution in [0.4, 0.5) is 11.4 Å². The van der Waals surface area contributed by atoms with Gasteiger partial charge in [-0.2, -0.15) is 0 Å². The number of ether oxygens (including phenoxy) is 2. The van der Waals surface area contributed by atoms with Gasteiger partial charge in [-0.15, -0.1) is 0 Å². The lowest BCUT2D eigenvalue weighted by Crippen LogP contribution is -2.15. The van der Waals surface area contributed by atoms with Gasteiger partial charge in [0.05, 0.1) is 0 Å². The van der Waals surface area contributed by atoms with Gasteiger partial charge in [0.1, 0.15) is 5.69 Å². The van der Waals surface area contributed by atoms with Gasteiger partial charge in [-0.05, 0) is 47.4 Å². The minimum Gasteiger partial charge on any atom is -0.454 e. The van der Waals surface area contributed by atoms with Crippen molar-refractivity contribution in [1.29, 1.82) is 0 Å². The fourth-order valence-electron chi connectivity index (χ4n) is 3.22. The van der Waals surface area contributed by atoms with Crippen LogP contribution in [-0.4, -0.2) is 17.7 Å². The Morgan fingerprint density at radius 3 is 2.76 bits per heavy atom. The lowest BCUT2D eigenvalue weighted by Gasteiger charge is -2.14. The van der Waals surface area contributed by atoms with Crippen LogP contribution in [0.25, 0.3) is 0 Å². The molecule has 0 atom stereocenters. The van der Waals surface area contributed by atoms with Crippen molar-refractivity contribution in [1.82, 2.24) is 4.98 Å². The summed E-state index contributed by atoms with van der Waals surface area (Å²) >= 11 is 0. The Bertz CT molecular complexity index is 1030. The average Bonchev–Trinajstić information content (AvgIpc) is 3.20. The van der Waals surface area contributed by atoms with Crippen molar-refractivity contribution < 1.29 is 14.3 Å². The van der Waals surface area contributed by atoms with Gasteiger partial charge in [0, 0.05) is 24.1 Å². The molecule has 2 heterocycles. The van der Waals surface area contributed by atoms with E-state index in [1.807, 2.05) is 48.5 Å². The number of hydrogen-bond acceptors (Lipinski definition) is 5. The monoisotopic (exact) mass is 389 g/mol. The maximum Gasteiger partial charge on any atom is 0.274 e. The van der Waals surface area contributed by atoms with Crippen LogP contribution in [0.5, 0.6) is 11.5 Å². The van der Waals surface area contributed by atoms with Crippen LogP contribution >= 0.6 is 0 Å². The van der Waals surface area contributed by atoms with Crippen LogP contribution in [0, 0.1) is 0 Å². The van der Waals surface area contributed by atoms with E-state index in [-0.39, 0.29) is 12.7 Å². The summed E-state index contributed by atoms with van der Waals surface area (Å²) in [6, 6.07) is 17.3. The highest BCUT2D eigenvalue weighted by Crippen LogP contribution is 2.32. The molecule has 0 radical (unpaired) electrons. The molecule has 0 saturated heterocycles. The first-order valence-corrected chi connectivity index (χ1v) is 9.59. The number of nitrogens with one attached hydrogen (secondary N) is 2. The molecule has 148 valence electrons. The van der Waals surface area contributed by atoms with Gasteiger partial charge in [0.25, 0.3) is 5.91 Å². The molecule has 1 aromatic heterocycles. The van der Waals surface area contributed by atoms with Gasteiger partial charge in [0.15, 0.2) is 11.5 Å². The van der Waals surface area contributed by atoms with E-state index in [0.717, 1.165) is 34.0 Å². The zero-order valence-electron chi connectivity index (χ0n) is 16.4. The molecule has 2 N–H and O–H groups in total. The molecule has 3 aromatic rings. The maximum absolute atomic E-state index is 12.7. The Kier molecular flexibility index (Phi) is 5.33. The summed E-state index contributed by atoms with van der Waals surface area (Å²) in [6.07, 6.45) is 1.63. The summed E-state index contributed by atoms with van der Waals surface area (Å²) in [5, 5.41) is 6.30. The van der Waals surface area contributed by atoms with Crippen molar-refractivity contribution in [3.63, 3.8) is 0 Å². The molecule has 1 amide bonds. The predicted molar refractivity (Wildman–Crippen MR) is 113 cm³/mol. The van der Waals surface area contributed by atoms with Gasteiger partial charge >= 0.3 is 0 Å². The smallest absolute Gasteiger partial charge is 0.274 e. The number of benzene rings is 2. The molecule has 6 heteroatoms. The van der Waals surface area contributed by atoms with Crippen molar-refractivity contribution in [2.75, 3.05) is 17.4 Å². The largest absolute Gasteiger partial charge is 0.454 e. The fraction of sp³-hybridized carbons (Fsp3) is 0.217. The summed E-state index contributed by atoms with van der Waals surface area (Å²) in [5.74, 6) is 1.60. The maximum atomic E-state index is 12.7. The van der Waals surface area contributed by atoms with Gasteiger partial charge < -0.3 is 20.1 Å². The molecule has 0 aliphatic carbocycles. The van der Waals surface area contributed by atoms with Gasteiger partial charge in [-0.25, -0.2) is 0 Å². The molecular formula is C23H23N3O3. The number of amides is 1.